The Morgan fingerprint density at radius 1 is 1.19 bits per heavy atom. The monoisotopic (exact) mass is 395 g/mol. The molecule has 136 valence electrons. The summed E-state index contributed by atoms with van der Waals surface area (Å²) in [5, 5.41) is 5.36. The Labute approximate surface area is 159 Å². The average Bonchev–Trinajstić information content (AvgIpc) is 2.62. The SMILES string of the molecule is C[C@H](NC(=O)c1ccccc1)C(=O)OCC(=O)Nc1ncc(Cl)cc1Cl. The highest BCUT2D eigenvalue weighted by molar-refractivity contribution is 6.36. The number of carbonyl (C=O) groups is 3. The minimum Gasteiger partial charge on any atom is -0.454 e. The topological polar surface area (TPSA) is 97.4 Å². The van der Waals surface area contributed by atoms with Crippen molar-refractivity contribution in [2.24, 2.45) is 0 Å². The molecule has 0 fully saturated rings. The highest BCUT2D eigenvalue weighted by atomic mass is 35.5. The molecule has 0 radical (unpaired) electrons. The van der Waals surface area contributed by atoms with Crippen LogP contribution in [-0.4, -0.2) is 35.4 Å². The number of amides is 2. The minimum absolute atomic E-state index is 0.0996. The molecule has 0 saturated heterocycles. The number of hydrogen-bond acceptors (Lipinski definition) is 5. The molecular weight excluding hydrogens is 381 g/mol. The summed E-state index contributed by atoms with van der Waals surface area (Å²) < 4.78 is 4.88. The lowest BCUT2D eigenvalue weighted by Gasteiger charge is -2.13. The van der Waals surface area contributed by atoms with Gasteiger partial charge in [0.05, 0.1) is 10.0 Å². The molecule has 1 atom stereocenters. The number of esters is 1. The van der Waals surface area contributed by atoms with E-state index in [-0.39, 0.29) is 10.8 Å². The molecule has 7 nitrogen and oxygen atoms in total. The predicted molar refractivity (Wildman–Crippen MR) is 97.2 cm³/mol. The van der Waals surface area contributed by atoms with Crippen LogP contribution in [0.5, 0.6) is 0 Å². The van der Waals surface area contributed by atoms with Crippen molar-refractivity contribution in [2.45, 2.75) is 13.0 Å². The summed E-state index contributed by atoms with van der Waals surface area (Å²) in [6, 6.07) is 8.91. The first-order valence-electron chi connectivity index (χ1n) is 7.50. The first-order valence-corrected chi connectivity index (χ1v) is 8.26. The zero-order chi connectivity index (χ0) is 19.1. The second-order valence-corrected chi connectivity index (χ2v) is 6.04. The van der Waals surface area contributed by atoms with Gasteiger partial charge in [-0.05, 0) is 25.1 Å². The second kappa shape index (κ2) is 9.17. The Morgan fingerprint density at radius 2 is 1.88 bits per heavy atom. The number of ether oxygens (including phenoxy) is 1. The number of benzene rings is 1. The molecule has 2 aromatic rings. The number of carbonyl (C=O) groups excluding carboxylic acids is 3. The molecule has 0 unspecified atom stereocenters. The Morgan fingerprint density at radius 3 is 2.54 bits per heavy atom. The van der Waals surface area contributed by atoms with Gasteiger partial charge in [0.15, 0.2) is 12.4 Å². The van der Waals surface area contributed by atoms with E-state index < -0.39 is 30.4 Å². The molecule has 0 aliphatic heterocycles. The number of halogens is 2. The third-order valence-electron chi connectivity index (χ3n) is 3.15. The van der Waals surface area contributed by atoms with Crippen molar-refractivity contribution < 1.29 is 19.1 Å². The van der Waals surface area contributed by atoms with Crippen molar-refractivity contribution in [3.8, 4) is 0 Å². The number of rotatable bonds is 6. The van der Waals surface area contributed by atoms with E-state index in [2.05, 4.69) is 15.6 Å². The van der Waals surface area contributed by atoms with Crippen molar-refractivity contribution in [1.29, 1.82) is 0 Å². The van der Waals surface area contributed by atoms with E-state index in [0.717, 1.165) is 0 Å². The van der Waals surface area contributed by atoms with E-state index in [4.69, 9.17) is 27.9 Å². The number of nitrogens with one attached hydrogen (secondary N) is 2. The molecule has 1 aromatic carbocycles. The van der Waals surface area contributed by atoms with E-state index >= 15 is 0 Å². The van der Waals surface area contributed by atoms with Crippen LogP contribution in [0.3, 0.4) is 0 Å². The number of anilines is 1. The van der Waals surface area contributed by atoms with E-state index in [9.17, 15) is 14.4 Å². The quantitative estimate of drug-likeness (QED) is 0.732. The highest BCUT2D eigenvalue weighted by Gasteiger charge is 2.19. The molecule has 1 heterocycles. The molecule has 2 rings (SSSR count). The molecular formula is C17H15Cl2N3O4. The molecule has 0 bridgehead atoms. The third kappa shape index (κ3) is 5.72. The van der Waals surface area contributed by atoms with Gasteiger partial charge in [0, 0.05) is 11.8 Å². The molecule has 26 heavy (non-hydrogen) atoms. The van der Waals surface area contributed by atoms with Gasteiger partial charge in [-0.15, -0.1) is 0 Å². The summed E-state index contributed by atoms with van der Waals surface area (Å²) in [4.78, 5) is 39.5. The van der Waals surface area contributed by atoms with Gasteiger partial charge < -0.3 is 15.4 Å². The van der Waals surface area contributed by atoms with Crippen molar-refractivity contribution >= 4 is 46.8 Å². The van der Waals surface area contributed by atoms with Gasteiger partial charge in [-0.25, -0.2) is 9.78 Å². The molecule has 0 saturated carbocycles. The van der Waals surface area contributed by atoms with Crippen LogP contribution < -0.4 is 10.6 Å². The van der Waals surface area contributed by atoms with Crippen LogP contribution in [0.15, 0.2) is 42.6 Å². The maximum atomic E-state index is 12.0. The van der Waals surface area contributed by atoms with Crippen LogP contribution in [0.4, 0.5) is 5.82 Å². The van der Waals surface area contributed by atoms with Gasteiger partial charge in [0.25, 0.3) is 11.8 Å². The summed E-state index contributed by atoms with van der Waals surface area (Å²) in [6.45, 7) is 0.906. The molecule has 0 aliphatic carbocycles. The Balaban J connectivity index is 1.81. The van der Waals surface area contributed by atoms with Crippen molar-refractivity contribution in [2.75, 3.05) is 11.9 Å². The maximum absolute atomic E-state index is 12.0. The van der Waals surface area contributed by atoms with E-state index in [1.807, 2.05) is 0 Å². The van der Waals surface area contributed by atoms with Gasteiger partial charge in [0.2, 0.25) is 0 Å². The molecule has 1 aromatic heterocycles. The maximum Gasteiger partial charge on any atom is 0.328 e. The first kappa shape index (κ1) is 19.7. The number of hydrogen-bond donors (Lipinski definition) is 2. The Bertz CT molecular complexity index is 815. The fourth-order valence-corrected chi connectivity index (χ4v) is 2.29. The smallest absolute Gasteiger partial charge is 0.328 e. The van der Waals surface area contributed by atoms with Crippen LogP contribution in [0.25, 0.3) is 0 Å². The lowest BCUT2D eigenvalue weighted by atomic mass is 10.2. The van der Waals surface area contributed by atoms with Crippen molar-refractivity contribution in [3.63, 3.8) is 0 Å². The first-order chi connectivity index (χ1) is 12.4. The van der Waals surface area contributed by atoms with Crippen LogP contribution in [0, 0.1) is 0 Å². The van der Waals surface area contributed by atoms with E-state index in [0.29, 0.717) is 10.6 Å². The van der Waals surface area contributed by atoms with E-state index in [1.165, 1.54) is 19.2 Å². The van der Waals surface area contributed by atoms with Crippen molar-refractivity contribution in [3.05, 3.63) is 58.2 Å². The lowest BCUT2D eigenvalue weighted by Crippen LogP contribution is -2.40. The average molecular weight is 396 g/mol. The zero-order valence-electron chi connectivity index (χ0n) is 13.7. The summed E-state index contributed by atoms with van der Waals surface area (Å²) in [7, 11) is 0. The Kier molecular flexibility index (Phi) is 6.94. The third-order valence-corrected chi connectivity index (χ3v) is 3.64. The molecule has 9 heteroatoms. The van der Waals surface area contributed by atoms with Gasteiger partial charge in [-0.3, -0.25) is 9.59 Å². The number of nitrogens with zero attached hydrogens (tertiary/aromatic N) is 1. The minimum atomic E-state index is -0.923. The molecule has 2 amide bonds. The number of pyridine rings is 1. The van der Waals surface area contributed by atoms with Crippen molar-refractivity contribution in [1.82, 2.24) is 10.3 Å². The van der Waals surface area contributed by atoms with Crippen LogP contribution in [-0.2, 0) is 14.3 Å². The van der Waals surface area contributed by atoms with E-state index in [1.54, 1.807) is 30.3 Å². The summed E-state index contributed by atoms with van der Waals surface area (Å²) >= 11 is 11.6. The van der Waals surface area contributed by atoms with Crippen LogP contribution in [0.2, 0.25) is 10.0 Å². The predicted octanol–water partition coefficient (Wildman–Crippen LogP) is 2.69. The number of aromatic nitrogens is 1. The molecule has 0 spiro atoms. The normalized spacial score (nSPS) is 11.3. The van der Waals surface area contributed by atoms with Gasteiger partial charge in [-0.2, -0.15) is 0 Å². The highest BCUT2D eigenvalue weighted by Crippen LogP contribution is 2.22. The molecule has 2 N–H and O–H groups in total. The zero-order valence-corrected chi connectivity index (χ0v) is 15.2. The summed E-state index contributed by atoms with van der Waals surface area (Å²) in [5.41, 5.74) is 0.411. The lowest BCUT2D eigenvalue weighted by molar-refractivity contribution is -0.148. The fraction of sp³-hybridized carbons (Fsp3) is 0.176. The molecule has 0 aliphatic rings. The largest absolute Gasteiger partial charge is 0.454 e. The van der Waals surface area contributed by atoms with Crippen LogP contribution >= 0.6 is 23.2 Å². The second-order valence-electron chi connectivity index (χ2n) is 5.20. The van der Waals surface area contributed by atoms with Gasteiger partial charge >= 0.3 is 5.97 Å². The fourth-order valence-electron chi connectivity index (χ4n) is 1.86. The standard InChI is InChI=1S/C17H15Cl2N3O4/c1-10(21-16(24)11-5-3-2-4-6-11)17(25)26-9-14(23)22-15-13(19)7-12(18)8-20-15/h2-8,10H,9H2,1H3,(H,21,24)(H,20,22,23)/t10-/m0/s1. The van der Waals surface area contributed by atoms with Gasteiger partial charge in [-0.1, -0.05) is 41.4 Å². The summed E-state index contributed by atoms with van der Waals surface area (Å²) in [5.74, 6) is -1.70. The van der Waals surface area contributed by atoms with Crippen LogP contribution in [0.1, 0.15) is 17.3 Å². The van der Waals surface area contributed by atoms with Gasteiger partial charge in [0.1, 0.15) is 6.04 Å². The summed E-state index contributed by atoms with van der Waals surface area (Å²) in [6.07, 6.45) is 1.32. The Hall–Kier alpha value is -2.64.